The molecule has 0 spiro atoms. The summed E-state index contributed by atoms with van der Waals surface area (Å²) in [6.45, 7) is 4.49. The van der Waals surface area contributed by atoms with Crippen LogP contribution < -0.4 is 15.8 Å². The van der Waals surface area contributed by atoms with Gasteiger partial charge in [0.2, 0.25) is 0 Å². The number of amides is 1. The highest BCUT2D eigenvalue weighted by Gasteiger charge is 2.34. The van der Waals surface area contributed by atoms with Gasteiger partial charge in [0.25, 0.3) is 5.91 Å². The standard InChI is InChI=1S/C20H27N3O2/c1-14-12-18(19(24)22-20(13-21)10-4-5-11-20)15(2)23(14)16-6-8-17(25-3)9-7-16/h6-9,12H,4-5,10-11,13,21H2,1-3H3,(H,22,24). The molecule has 5 heteroatoms. The molecule has 25 heavy (non-hydrogen) atoms. The van der Waals surface area contributed by atoms with E-state index in [1.807, 2.05) is 44.2 Å². The first-order valence-corrected chi connectivity index (χ1v) is 8.85. The number of nitrogens with zero attached hydrogens (tertiary/aromatic N) is 1. The molecule has 5 nitrogen and oxygen atoms in total. The van der Waals surface area contributed by atoms with Crippen LogP contribution in [0.15, 0.2) is 30.3 Å². The van der Waals surface area contributed by atoms with Crippen molar-refractivity contribution >= 4 is 5.91 Å². The molecular weight excluding hydrogens is 314 g/mol. The Morgan fingerprint density at radius 2 is 1.88 bits per heavy atom. The van der Waals surface area contributed by atoms with E-state index in [2.05, 4.69) is 9.88 Å². The molecule has 0 aliphatic heterocycles. The van der Waals surface area contributed by atoms with Gasteiger partial charge in [0.1, 0.15) is 5.75 Å². The number of benzene rings is 1. The lowest BCUT2D eigenvalue weighted by Gasteiger charge is -2.28. The molecule has 0 bridgehead atoms. The van der Waals surface area contributed by atoms with Crippen molar-refractivity contribution in [3.63, 3.8) is 0 Å². The summed E-state index contributed by atoms with van der Waals surface area (Å²) >= 11 is 0. The van der Waals surface area contributed by atoms with Crippen LogP contribution in [0.3, 0.4) is 0 Å². The van der Waals surface area contributed by atoms with E-state index in [9.17, 15) is 4.79 Å². The van der Waals surface area contributed by atoms with E-state index < -0.39 is 0 Å². The second-order valence-corrected chi connectivity index (χ2v) is 6.96. The number of methoxy groups -OCH3 is 1. The molecule has 0 unspecified atom stereocenters. The van der Waals surface area contributed by atoms with Crippen LogP contribution in [0.2, 0.25) is 0 Å². The molecular formula is C20H27N3O2. The van der Waals surface area contributed by atoms with Gasteiger partial charge in [0.05, 0.1) is 18.2 Å². The Balaban J connectivity index is 1.89. The van der Waals surface area contributed by atoms with Gasteiger partial charge in [-0.05, 0) is 57.0 Å². The molecule has 3 rings (SSSR count). The maximum absolute atomic E-state index is 12.9. The van der Waals surface area contributed by atoms with Crippen LogP contribution in [0.25, 0.3) is 5.69 Å². The van der Waals surface area contributed by atoms with E-state index in [0.717, 1.165) is 48.5 Å². The monoisotopic (exact) mass is 341 g/mol. The summed E-state index contributed by atoms with van der Waals surface area (Å²) < 4.78 is 7.32. The van der Waals surface area contributed by atoms with Crippen molar-refractivity contribution in [2.45, 2.75) is 45.1 Å². The molecule has 1 heterocycles. The maximum Gasteiger partial charge on any atom is 0.253 e. The maximum atomic E-state index is 12.9. The average molecular weight is 341 g/mol. The predicted octanol–water partition coefficient (Wildman–Crippen LogP) is 3.10. The van der Waals surface area contributed by atoms with Gasteiger partial charge >= 0.3 is 0 Å². The fourth-order valence-electron chi connectivity index (χ4n) is 3.86. The number of hydrogen-bond donors (Lipinski definition) is 2. The predicted molar refractivity (Wildman–Crippen MR) is 99.5 cm³/mol. The summed E-state index contributed by atoms with van der Waals surface area (Å²) in [6, 6.07) is 9.80. The number of hydrogen-bond acceptors (Lipinski definition) is 3. The molecule has 3 N–H and O–H groups in total. The zero-order chi connectivity index (χ0) is 18.0. The lowest BCUT2D eigenvalue weighted by atomic mass is 9.97. The van der Waals surface area contributed by atoms with Gasteiger partial charge in [-0.2, -0.15) is 0 Å². The zero-order valence-corrected chi connectivity index (χ0v) is 15.3. The summed E-state index contributed by atoms with van der Waals surface area (Å²) in [5, 5.41) is 3.21. The Morgan fingerprint density at radius 3 is 2.44 bits per heavy atom. The van der Waals surface area contributed by atoms with Crippen LogP contribution in [0.4, 0.5) is 0 Å². The van der Waals surface area contributed by atoms with Crippen LogP contribution in [-0.2, 0) is 0 Å². The van der Waals surface area contributed by atoms with Crippen molar-refractivity contribution in [1.29, 1.82) is 0 Å². The Labute approximate surface area is 149 Å². The summed E-state index contributed by atoms with van der Waals surface area (Å²) in [5.41, 5.74) is 9.42. The Bertz CT molecular complexity index is 756. The number of nitrogens with two attached hydrogens (primary N) is 1. The van der Waals surface area contributed by atoms with Gasteiger partial charge in [-0.25, -0.2) is 0 Å². The third-order valence-electron chi connectivity index (χ3n) is 5.34. The number of carbonyl (C=O) groups excluding carboxylic acids is 1. The van der Waals surface area contributed by atoms with E-state index >= 15 is 0 Å². The van der Waals surface area contributed by atoms with Gasteiger partial charge < -0.3 is 20.4 Å². The third-order valence-corrected chi connectivity index (χ3v) is 5.34. The molecule has 0 saturated heterocycles. The molecule has 0 radical (unpaired) electrons. The van der Waals surface area contributed by atoms with E-state index in [0.29, 0.717) is 12.1 Å². The first-order valence-electron chi connectivity index (χ1n) is 8.85. The number of aromatic nitrogens is 1. The Kier molecular flexibility index (Phi) is 4.86. The lowest BCUT2D eigenvalue weighted by Crippen LogP contribution is -2.51. The third kappa shape index (κ3) is 3.29. The number of carbonyl (C=O) groups is 1. The van der Waals surface area contributed by atoms with Gasteiger partial charge in [0.15, 0.2) is 0 Å². The van der Waals surface area contributed by atoms with Gasteiger partial charge in [-0.15, -0.1) is 0 Å². The van der Waals surface area contributed by atoms with Crippen molar-refractivity contribution in [1.82, 2.24) is 9.88 Å². The normalized spacial score (nSPS) is 16.0. The Hall–Kier alpha value is -2.27. The fourth-order valence-corrected chi connectivity index (χ4v) is 3.86. The minimum atomic E-state index is -0.236. The van der Waals surface area contributed by atoms with Gasteiger partial charge in [-0.1, -0.05) is 12.8 Å². The second-order valence-electron chi connectivity index (χ2n) is 6.96. The summed E-state index contributed by atoms with van der Waals surface area (Å²) in [4.78, 5) is 12.9. The first kappa shape index (κ1) is 17.5. The molecule has 1 saturated carbocycles. The Morgan fingerprint density at radius 1 is 1.24 bits per heavy atom. The van der Waals surface area contributed by atoms with Crippen molar-refractivity contribution in [2.75, 3.05) is 13.7 Å². The molecule has 1 aliphatic rings. The molecule has 1 amide bonds. The largest absolute Gasteiger partial charge is 0.497 e. The highest BCUT2D eigenvalue weighted by molar-refractivity contribution is 5.96. The molecule has 1 aromatic carbocycles. The summed E-state index contributed by atoms with van der Waals surface area (Å²) in [6.07, 6.45) is 4.18. The van der Waals surface area contributed by atoms with Crippen LogP contribution in [0.5, 0.6) is 5.75 Å². The smallest absolute Gasteiger partial charge is 0.253 e. The fraction of sp³-hybridized carbons (Fsp3) is 0.450. The van der Waals surface area contributed by atoms with Crippen LogP contribution in [0, 0.1) is 13.8 Å². The molecule has 1 aromatic heterocycles. The van der Waals surface area contributed by atoms with E-state index in [1.165, 1.54) is 0 Å². The molecule has 1 fully saturated rings. The number of ether oxygens (including phenoxy) is 1. The van der Waals surface area contributed by atoms with Crippen molar-refractivity contribution in [2.24, 2.45) is 5.73 Å². The zero-order valence-electron chi connectivity index (χ0n) is 15.3. The second kappa shape index (κ2) is 6.92. The van der Waals surface area contributed by atoms with Crippen LogP contribution >= 0.6 is 0 Å². The molecule has 134 valence electrons. The number of rotatable bonds is 5. The summed E-state index contributed by atoms with van der Waals surface area (Å²) in [7, 11) is 1.65. The molecule has 2 aromatic rings. The van der Waals surface area contributed by atoms with Crippen molar-refractivity contribution in [3.05, 3.63) is 47.3 Å². The lowest BCUT2D eigenvalue weighted by molar-refractivity contribution is 0.0902. The molecule has 1 aliphatic carbocycles. The van der Waals surface area contributed by atoms with Gasteiger partial charge in [0, 0.05) is 23.6 Å². The van der Waals surface area contributed by atoms with E-state index in [-0.39, 0.29) is 11.4 Å². The number of aryl methyl sites for hydroxylation is 1. The number of nitrogens with one attached hydrogen (secondary N) is 1. The average Bonchev–Trinajstić information content (AvgIpc) is 3.20. The topological polar surface area (TPSA) is 69.3 Å². The van der Waals surface area contributed by atoms with E-state index in [4.69, 9.17) is 10.5 Å². The highest BCUT2D eigenvalue weighted by Crippen LogP contribution is 2.30. The van der Waals surface area contributed by atoms with E-state index in [1.54, 1.807) is 7.11 Å². The minimum absolute atomic E-state index is 0.0276. The molecule has 0 atom stereocenters. The van der Waals surface area contributed by atoms with Crippen LogP contribution in [-0.4, -0.2) is 29.7 Å². The van der Waals surface area contributed by atoms with Crippen molar-refractivity contribution < 1.29 is 9.53 Å². The SMILES string of the molecule is COc1ccc(-n2c(C)cc(C(=O)NC3(CN)CCCC3)c2C)cc1. The quantitative estimate of drug-likeness (QED) is 0.878. The summed E-state index contributed by atoms with van der Waals surface area (Å²) in [5.74, 6) is 0.788. The van der Waals surface area contributed by atoms with Gasteiger partial charge in [-0.3, -0.25) is 4.79 Å². The van der Waals surface area contributed by atoms with Crippen molar-refractivity contribution in [3.8, 4) is 11.4 Å². The highest BCUT2D eigenvalue weighted by atomic mass is 16.5. The minimum Gasteiger partial charge on any atom is -0.497 e. The van der Waals surface area contributed by atoms with Crippen LogP contribution in [0.1, 0.15) is 47.4 Å². The first-order chi connectivity index (χ1) is 12.0.